The maximum absolute atomic E-state index is 12.9. The topological polar surface area (TPSA) is 70.2 Å². The molecule has 0 unspecified atom stereocenters. The molecule has 0 aromatic heterocycles. The van der Waals surface area contributed by atoms with Crippen LogP contribution in [0.4, 0.5) is 0 Å². The number of ether oxygens (including phenoxy) is 1. The number of halogens is 1. The molecule has 0 radical (unpaired) electrons. The van der Waals surface area contributed by atoms with Gasteiger partial charge in [-0.1, -0.05) is 36.9 Å². The number of nitrogens with zero attached hydrogens (tertiary/aromatic N) is 3. The summed E-state index contributed by atoms with van der Waals surface area (Å²) in [7, 11) is -1.79. The summed E-state index contributed by atoms with van der Waals surface area (Å²) in [6.07, 6.45) is 5.48. The van der Waals surface area contributed by atoms with E-state index in [1.807, 2.05) is 0 Å². The van der Waals surface area contributed by atoms with Crippen molar-refractivity contribution in [1.82, 2.24) is 13.5 Å². The molecule has 2 aliphatic rings. The fraction of sp³-hybridized carbons (Fsp3) is 0.650. The van der Waals surface area contributed by atoms with Crippen LogP contribution in [0, 0.1) is 0 Å². The van der Waals surface area contributed by atoms with Crippen molar-refractivity contribution in [3.05, 3.63) is 29.3 Å². The lowest BCUT2D eigenvalue weighted by Gasteiger charge is -2.38. The molecule has 1 amide bonds. The molecule has 29 heavy (non-hydrogen) atoms. The van der Waals surface area contributed by atoms with E-state index in [-0.39, 0.29) is 25.0 Å². The predicted molar refractivity (Wildman–Crippen MR) is 113 cm³/mol. The molecule has 0 bridgehead atoms. The maximum atomic E-state index is 12.9. The fourth-order valence-electron chi connectivity index (χ4n) is 3.95. The van der Waals surface area contributed by atoms with Gasteiger partial charge < -0.3 is 9.64 Å². The highest BCUT2D eigenvalue weighted by atomic mass is 35.5. The first-order chi connectivity index (χ1) is 13.9. The van der Waals surface area contributed by atoms with E-state index in [2.05, 4.69) is 0 Å². The van der Waals surface area contributed by atoms with Crippen molar-refractivity contribution in [2.24, 2.45) is 0 Å². The second-order valence-corrected chi connectivity index (χ2v) is 10.1. The molecule has 1 aliphatic heterocycles. The van der Waals surface area contributed by atoms with Crippen molar-refractivity contribution in [2.45, 2.75) is 44.6 Å². The van der Waals surface area contributed by atoms with Crippen LogP contribution in [0.1, 0.15) is 38.5 Å². The van der Waals surface area contributed by atoms with Gasteiger partial charge >= 0.3 is 0 Å². The first-order valence-corrected chi connectivity index (χ1v) is 12.0. The molecule has 1 saturated carbocycles. The van der Waals surface area contributed by atoms with E-state index in [0.717, 1.165) is 25.7 Å². The zero-order chi connectivity index (χ0) is 20.9. The Morgan fingerprint density at radius 3 is 2.52 bits per heavy atom. The Balaban J connectivity index is 1.44. The molecule has 7 nitrogen and oxygen atoms in total. The number of hydrogen-bond acceptors (Lipinski definition) is 4. The Morgan fingerprint density at radius 1 is 1.17 bits per heavy atom. The van der Waals surface area contributed by atoms with Crippen LogP contribution < -0.4 is 4.74 Å². The predicted octanol–water partition coefficient (Wildman–Crippen LogP) is 2.76. The van der Waals surface area contributed by atoms with Crippen LogP contribution in [0.5, 0.6) is 5.75 Å². The highest BCUT2D eigenvalue weighted by molar-refractivity contribution is 7.86. The zero-order valence-electron chi connectivity index (χ0n) is 16.9. The number of carbonyl (C=O) groups is 1. The van der Waals surface area contributed by atoms with E-state index in [1.165, 1.54) is 10.7 Å². The van der Waals surface area contributed by atoms with Gasteiger partial charge in [0.15, 0.2) is 0 Å². The van der Waals surface area contributed by atoms with Gasteiger partial charge in [-0.3, -0.25) is 4.79 Å². The normalized spacial score (nSPS) is 19.5. The summed E-state index contributed by atoms with van der Waals surface area (Å²) in [6, 6.07) is 7.15. The second-order valence-electron chi connectivity index (χ2n) is 7.65. The van der Waals surface area contributed by atoms with Crippen molar-refractivity contribution in [2.75, 3.05) is 39.8 Å². The standard InChI is InChI=1S/C20H30ClN3O4S/c1-22(18-7-3-2-4-8-18)29(26,27)24-13-11-23(12-14-24)20(25)10-15-28-19-9-5-6-17(21)16-19/h5-6,9,16,18H,2-4,7-8,10-15H2,1H3. The summed E-state index contributed by atoms with van der Waals surface area (Å²) in [6.45, 7) is 1.75. The molecule has 1 aromatic carbocycles. The van der Waals surface area contributed by atoms with Crippen LogP contribution in [0.3, 0.4) is 0 Å². The Kier molecular flexibility index (Phi) is 7.79. The van der Waals surface area contributed by atoms with Crippen molar-refractivity contribution in [1.29, 1.82) is 0 Å². The number of piperazine rings is 1. The lowest BCUT2D eigenvalue weighted by Crippen LogP contribution is -2.55. The van der Waals surface area contributed by atoms with Crippen molar-refractivity contribution < 1.29 is 17.9 Å². The molecule has 0 atom stereocenters. The van der Waals surface area contributed by atoms with Gasteiger partial charge in [0, 0.05) is 44.3 Å². The van der Waals surface area contributed by atoms with E-state index >= 15 is 0 Å². The summed E-state index contributed by atoms with van der Waals surface area (Å²) in [5.41, 5.74) is 0. The Hall–Kier alpha value is -1.35. The average molecular weight is 444 g/mol. The Bertz CT molecular complexity index is 791. The molecule has 1 aromatic rings. The van der Waals surface area contributed by atoms with Crippen LogP contribution in [-0.2, 0) is 15.0 Å². The Labute approximate surface area is 178 Å². The van der Waals surface area contributed by atoms with Gasteiger partial charge in [-0.2, -0.15) is 17.0 Å². The fourth-order valence-corrected chi connectivity index (χ4v) is 5.71. The SMILES string of the molecule is CN(C1CCCCC1)S(=O)(=O)N1CCN(C(=O)CCOc2cccc(Cl)c2)CC1. The van der Waals surface area contributed by atoms with Gasteiger partial charge in [-0.25, -0.2) is 0 Å². The molecule has 0 spiro atoms. The monoisotopic (exact) mass is 443 g/mol. The van der Waals surface area contributed by atoms with Gasteiger partial charge in [0.1, 0.15) is 5.75 Å². The third-order valence-corrected chi connectivity index (χ3v) is 8.03. The highest BCUT2D eigenvalue weighted by Gasteiger charge is 2.35. The van der Waals surface area contributed by atoms with Gasteiger partial charge in [-0.05, 0) is 31.0 Å². The molecule has 0 N–H and O–H groups in total. The minimum atomic E-state index is -3.48. The molecular formula is C20H30ClN3O4S. The lowest BCUT2D eigenvalue weighted by atomic mass is 9.96. The van der Waals surface area contributed by atoms with E-state index in [9.17, 15) is 13.2 Å². The minimum absolute atomic E-state index is 0.0234. The van der Waals surface area contributed by atoms with Gasteiger partial charge in [0.25, 0.3) is 10.2 Å². The first-order valence-electron chi connectivity index (χ1n) is 10.3. The van der Waals surface area contributed by atoms with Crippen LogP contribution in [0.15, 0.2) is 24.3 Å². The number of benzene rings is 1. The number of hydrogen-bond donors (Lipinski definition) is 0. The summed E-state index contributed by atoms with van der Waals surface area (Å²) in [4.78, 5) is 14.2. The maximum Gasteiger partial charge on any atom is 0.282 e. The number of carbonyl (C=O) groups excluding carboxylic acids is 1. The largest absolute Gasteiger partial charge is 0.493 e. The van der Waals surface area contributed by atoms with E-state index in [0.29, 0.717) is 37.0 Å². The summed E-state index contributed by atoms with van der Waals surface area (Å²) < 4.78 is 34.5. The minimum Gasteiger partial charge on any atom is -0.493 e. The van der Waals surface area contributed by atoms with E-state index < -0.39 is 10.2 Å². The lowest BCUT2D eigenvalue weighted by molar-refractivity contribution is -0.132. The molecular weight excluding hydrogens is 414 g/mol. The Morgan fingerprint density at radius 2 is 1.86 bits per heavy atom. The zero-order valence-corrected chi connectivity index (χ0v) is 18.5. The van der Waals surface area contributed by atoms with Crippen LogP contribution in [-0.4, -0.2) is 73.7 Å². The highest BCUT2D eigenvalue weighted by Crippen LogP contribution is 2.25. The number of rotatable bonds is 7. The second kappa shape index (κ2) is 10.1. The van der Waals surface area contributed by atoms with E-state index in [4.69, 9.17) is 16.3 Å². The summed E-state index contributed by atoms with van der Waals surface area (Å²) >= 11 is 5.92. The van der Waals surface area contributed by atoms with Crippen molar-refractivity contribution in [3.63, 3.8) is 0 Å². The summed E-state index contributed by atoms with van der Waals surface area (Å²) in [5.74, 6) is 0.608. The quantitative estimate of drug-likeness (QED) is 0.649. The van der Waals surface area contributed by atoms with E-state index in [1.54, 1.807) is 40.5 Å². The molecule has 2 fully saturated rings. The van der Waals surface area contributed by atoms with Crippen molar-refractivity contribution in [3.8, 4) is 5.75 Å². The molecule has 1 aliphatic carbocycles. The van der Waals surface area contributed by atoms with Crippen LogP contribution >= 0.6 is 11.6 Å². The van der Waals surface area contributed by atoms with Gasteiger partial charge in [-0.15, -0.1) is 0 Å². The van der Waals surface area contributed by atoms with Crippen molar-refractivity contribution >= 4 is 27.7 Å². The third-order valence-electron chi connectivity index (χ3n) is 5.75. The molecule has 1 heterocycles. The molecule has 9 heteroatoms. The molecule has 1 saturated heterocycles. The van der Waals surface area contributed by atoms with Gasteiger partial charge in [0.05, 0.1) is 13.0 Å². The van der Waals surface area contributed by atoms with Crippen LogP contribution in [0.2, 0.25) is 5.02 Å². The smallest absolute Gasteiger partial charge is 0.282 e. The average Bonchev–Trinajstić information content (AvgIpc) is 2.74. The number of amides is 1. The molecule has 3 rings (SSSR count). The molecule has 162 valence electrons. The van der Waals surface area contributed by atoms with Crippen LogP contribution in [0.25, 0.3) is 0 Å². The first kappa shape index (κ1) is 22.3. The third kappa shape index (κ3) is 5.84. The summed E-state index contributed by atoms with van der Waals surface area (Å²) in [5, 5.41) is 0.587. The van der Waals surface area contributed by atoms with Gasteiger partial charge in [0.2, 0.25) is 5.91 Å².